The molecule has 0 bridgehead atoms. The Labute approximate surface area is 196 Å². The highest BCUT2D eigenvalue weighted by atomic mass is 16.2. The van der Waals surface area contributed by atoms with Crippen LogP contribution in [0.2, 0.25) is 0 Å². The summed E-state index contributed by atoms with van der Waals surface area (Å²) in [5, 5.41) is 3.37. The van der Waals surface area contributed by atoms with Crippen LogP contribution in [0.4, 0.5) is 5.69 Å². The Hall–Kier alpha value is -3.47. The van der Waals surface area contributed by atoms with E-state index >= 15 is 0 Å². The van der Waals surface area contributed by atoms with Crippen molar-refractivity contribution in [2.45, 2.75) is 32.6 Å². The second-order valence-corrected chi connectivity index (χ2v) is 8.69. The Balaban J connectivity index is 1.21. The van der Waals surface area contributed by atoms with Gasteiger partial charge < -0.3 is 10.2 Å². The van der Waals surface area contributed by atoms with Gasteiger partial charge >= 0.3 is 0 Å². The van der Waals surface area contributed by atoms with Gasteiger partial charge in [-0.3, -0.25) is 9.78 Å². The summed E-state index contributed by atoms with van der Waals surface area (Å²) in [6.45, 7) is 4.65. The number of benzene rings is 2. The maximum Gasteiger partial charge on any atom is 0.222 e. The summed E-state index contributed by atoms with van der Waals surface area (Å²) in [5.41, 5.74) is 5.33. The lowest BCUT2D eigenvalue weighted by atomic mass is 9.96. The molecule has 4 rings (SSSR count). The lowest BCUT2D eigenvalue weighted by Gasteiger charge is -2.32. The van der Waals surface area contributed by atoms with Crippen molar-refractivity contribution >= 4 is 17.9 Å². The number of piperidine rings is 1. The summed E-state index contributed by atoms with van der Waals surface area (Å²) in [6, 6.07) is 22.4. The van der Waals surface area contributed by atoms with Crippen molar-refractivity contribution in [1.29, 1.82) is 0 Å². The van der Waals surface area contributed by atoms with Crippen LogP contribution in [0, 0.1) is 12.8 Å². The first-order valence-corrected chi connectivity index (χ1v) is 11.8. The molecule has 0 unspecified atom stereocenters. The Morgan fingerprint density at radius 3 is 2.64 bits per heavy atom. The number of aromatic nitrogens is 1. The van der Waals surface area contributed by atoms with Gasteiger partial charge in [0.1, 0.15) is 0 Å². The first-order chi connectivity index (χ1) is 16.2. The molecular formula is C28H32N4O. The van der Waals surface area contributed by atoms with Crippen LogP contribution in [0.5, 0.6) is 0 Å². The number of aryl methyl sites for hydroxylation is 2. The lowest BCUT2D eigenvalue weighted by Crippen LogP contribution is -2.40. The normalized spacial score (nSPS) is 14.5. The van der Waals surface area contributed by atoms with Gasteiger partial charge in [0, 0.05) is 37.8 Å². The van der Waals surface area contributed by atoms with E-state index in [0.29, 0.717) is 12.3 Å². The minimum atomic E-state index is 0.273. The van der Waals surface area contributed by atoms with Crippen molar-refractivity contribution in [2.75, 3.05) is 19.6 Å². The van der Waals surface area contributed by atoms with Crippen LogP contribution >= 0.6 is 0 Å². The third kappa shape index (κ3) is 6.51. The first kappa shape index (κ1) is 22.7. The van der Waals surface area contributed by atoms with E-state index in [1.165, 1.54) is 5.56 Å². The first-order valence-electron chi connectivity index (χ1n) is 11.8. The molecule has 0 aliphatic carbocycles. The van der Waals surface area contributed by atoms with Crippen LogP contribution in [0.3, 0.4) is 0 Å². The minimum absolute atomic E-state index is 0.273. The molecule has 3 aromatic rings. The maximum absolute atomic E-state index is 12.5. The molecule has 1 aliphatic heterocycles. The highest BCUT2D eigenvalue weighted by molar-refractivity contribution is 5.76. The molecule has 170 valence electrons. The van der Waals surface area contributed by atoms with E-state index in [0.717, 1.165) is 61.4 Å². The van der Waals surface area contributed by atoms with E-state index in [1.807, 2.05) is 53.8 Å². The molecule has 0 atom stereocenters. The number of rotatable bonds is 8. The Morgan fingerprint density at radius 1 is 1.09 bits per heavy atom. The molecule has 1 saturated heterocycles. The summed E-state index contributed by atoms with van der Waals surface area (Å²) in [4.78, 5) is 23.6. The molecule has 1 amide bonds. The predicted octanol–water partition coefficient (Wildman–Crippen LogP) is 5.18. The van der Waals surface area contributed by atoms with Gasteiger partial charge in [-0.15, -0.1) is 0 Å². The largest absolute Gasteiger partial charge is 0.376 e. The minimum Gasteiger partial charge on any atom is -0.376 e. The lowest BCUT2D eigenvalue weighted by molar-refractivity contribution is -0.132. The van der Waals surface area contributed by atoms with Crippen molar-refractivity contribution in [3.8, 4) is 11.3 Å². The standard InChI is InChI=1S/C28H32N4O/c1-22-10-12-25(26-9-5-6-16-30-26)19-27(22)31-21-29-20-24-14-17-32(18-15-24)28(33)13-11-23-7-3-2-4-8-23/h2-10,12,16,19,21,24H,11,13-15,17-18,20H2,1H3,(H,29,31). The summed E-state index contributed by atoms with van der Waals surface area (Å²) < 4.78 is 0. The average molecular weight is 441 g/mol. The zero-order valence-corrected chi connectivity index (χ0v) is 19.3. The van der Waals surface area contributed by atoms with E-state index in [2.05, 4.69) is 52.5 Å². The second kappa shape index (κ2) is 11.4. The van der Waals surface area contributed by atoms with Crippen molar-refractivity contribution in [3.63, 3.8) is 0 Å². The number of hydrogen-bond donors (Lipinski definition) is 1. The summed E-state index contributed by atoms with van der Waals surface area (Å²) in [6.07, 6.45) is 7.09. The monoisotopic (exact) mass is 440 g/mol. The van der Waals surface area contributed by atoms with Gasteiger partial charge in [0.15, 0.2) is 0 Å². The van der Waals surface area contributed by atoms with Crippen molar-refractivity contribution in [1.82, 2.24) is 15.2 Å². The van der Waals surface area contributed by atoms with Crippen LogP contribution in [0.15, 0.2) is 77.9 Å². The van der Waals surface area contributed by atoms with Crippen molar-refractivity contribution < 1.29 is 4.79 Å². The molecule has 0 spiro atoms. The molecule has 5 heteroatoms. The van der Waals surface area contributed by atoms with E-state index < -0.39 is 0 Å². The molecule has 5 nitrogen and oxygen atoms in total. The SMILES string of the molecule is Cc1ccc(-c2ccccn2)cc1/N=C\NCC1CCN(C(=O)CCc2ccccc2)CC1. The van der Waals surface area contributed by atoms with Crippen molar-refractivity contribution in [3.05, 3.63) is 84.1 Å². The third-order valence-corrected chi connectivity index (χ3v) is 6.31. The van der Waals surface area contributed by atoms with Gasteiger partial charge in [-0.1, -0.05) is 48.5 Å². The van der Waals surface area contributed by atoms with E-state index in [9.17, 15) is 4.79 Å². The number of hydrogen-bond acceptors (Lipinski definition) is 3. The fourth-order valence-electron chi connectivity index (χ4n) is 4.22. The fourth-order valence-corrected chi connectivity index (χ4v) is 4.22. The van der Waals surface area contributed by atoms with Crippen LogP contribution in [-0.4, -0.2) is 41.8 Å². The average Bonchev–Trinajstić information content (AvgIpc) is 2.87. The van der Waals surface area contributed by atoms with Gasteiger partial charge in [0.05, 0.1) is 17.7 Å². The summed E-state index contributed by atoms with van der Waals surface area (Å²) in [7, 11) is 0. The van der Waals surface area contributed by atoms with Crippen LogP contribution in [0.25, 0.3) is 11.3 Å². The molecular weight excluding hydrogens is 408 g/mol. The molecule has 2 heterocycles. The molecule has 0 radical (unpaired) electrons. The Bertz CT molecular complexity index is 1060. The number of carbonyl (C=O) groups excluding carboxylic acids is 1. The zero-order valence-electron chi connectivity index (χ0n) is 19.3. The van der Waals surface area contributed by atoms with Crippen LogP contribution < -0.4 is 5.32 Å². The quantitative estimate of drug-likeness (QED) is 0.388. The number of likely N-dealkylation sites (tertiary alicyclic amines) is 1. The number of carbonyl (C=O) groups is 1. The van der Waals surface area contributed by atoms with Crippen LogP contribution in [0.1, 0.15) is 30.4 Å². The smallest absolute Gasteiger partial charge is 0.222 e. The zero-order chi connectivity index (χ0) is 22.9. The molecule has 1 aromatic heterocycles. The molecule has 0 saturated carbocycles. The molecule has 2 aromatic carbocycles. The van der Waals surface area contributed by atoms with Crippen molar-refractivity contribution in [2.24, 2.45) is 10.9 Å². The molecule has 1 fully saturated rings. The van der Waals surface area contributed by atoms with E-state index in [-0.39, 0.29) is 5.91 Å². The third-order valence-electron chi connectivity index (χ3n) is 6.31. The summed E-state index contributed by atoms with van der Waals surface area (Å²) in [5.74, 6) is 0.839. The summed E-state index contributed by atoms with van der Waals surface area (Å²) >= 11 is 0. The van der Waals surface area contributed by atoms with Crippen LogP contribution in [-0.2, 0) is 11.2 Å². The van der Waals surface area contributed by atoms with E-state index in [4.69, 9.17) is 0 Å². The number of nitrogens with one attached hydrogen (secondary N) is 1. The predicted molar refractivity (Wildman–Crippen MR) is 135 cm³/mol. The number of nitrogens with zero attached hydrogens (tertiary/aromatic N) is 3. The highest BCUT2D eigenvalue weighted by Gasteiger charge is 2.22. The highest BCUT2D eigenvalue weighted by Crippen LogP contribution is 2.25. The van der Waals surface area contributed by atoms with Gasteiger partial charge in [0.2, 0.25) is 5.91 Å². The number of aliphatic imine (C=N–C) groups is 1. The van der Waals surface area contributed by atoms with E-state index in [1.54, 1.807) is 0 Å². The molecule has 1 N–H and O–H groups in total. The van der Waals surface area contributed by atoms with Gasteiger partial charge in [-0.05, 0) is 61.4 Å². The maximum atomic E-state index is 12.5. The number of pyridine rings is 1. The Morgan fingerprint density at radius 2 is 1.88 bits per heavy atom. The molecule has 33 heavy (non-hydrogen) atoms. The second-order valence-electron chi connectivity index (χ2n) is 8.69. The number of amides is 1. The van der Waals surface area contributed by atoms with Gasteiger partial charge in [-0.2, -0.15) is 0 Å². The topological polar surface area (TPSA) is 57.6 Å². The van der Waals surface area contributed by atoms with Gasteiger partial charge in [0.25, 0.3) is 0 Å². The fraction of sp³-hybridized carbons (Fsp3) is 0.321. The van der Waals surface area contributed by atoms with Gasteiger partial charge in [-0.25, -0.2) is 4.99 Å². The Kier molecular flexibility index (Phi) is 7.85. The molecule has 1 aliphatic rings.